The predicted molar refractivity (Wildman–Crippen MR) is 59.3 cm³/mol. The van der Waals surface area contributed by atoms with E-state index in [4.69, 9.17) is 14.0 Å². The molecular formula is C9H21NO3Si. The first kappa shape index (κ1) is 13.8. The number of nitrogens with one attached hydrogen (secondary N) is 1. The Morgan fingerprint density at radius 3 is 2.50 bits per heavy atom. The van der Waals surface area contributed by atoms with E-state index in [2.05, 4.69) is 11.9 Å². The lowest BCUT2D eigenvalue weighted by atomic mass is 10.4. The van der Waals surface area contributed by atoms with Crippen LogP contribution in [0.5, 0.6) is 0 Å². The highest BCUT2D eigenvalue weighted by atomic mass is 28.4. The van der Waals surface area contributed by atoms with Crippen molar-refractivity contribution < 1.29 is 14.0 Å². The van der Waals surface area contributed by atoms with Gasteiger partial charge in [-0.3, -0.25) is 0 Å². The lowest BCUT2D eigenvalue weighted by molar-refractivity contribution is 0.196. The van der Waals surface area contributed by atoms with Gasteiger partial charge in [-0.25, -0.2) is 0 Å². The molecule has 0 aliphatic rings. The molecule has 0 atom stereocenters. The predicted octanol–water partition coefficient (Wildman–Crippen LogP) is 0.419. The van der Waals surface area contributed by atoms with Crippen LogP contribution >= 0.6 is 0 Å². The molecule has 14 heavy (non-hydrogen) atoms. The van der Waals surface area contributed by atoms with Gasteiger partial charge in [0.2, 0.25) is 0 Å². The summed E-state index contributed by atoms with van der Waals surface area (Å²) < 4.78 is 10.5. The molecule has 0 saturated heterocycles. The van der Waals surface area contributed by atoms with Crippen LogP contribution in [0, 0.1) is 0 Å². The van der Waals surface area contributed by atoms with Crippen molar-refractivity contribution >= 4 is 8.56 Å². The van der Waals surface area contributed by atoms with E-state index in [-0.39, 0.29) is 6.23 Å². The summed E-state index contributed by atoms with van der Waals surface area (Å²) in [5.41, 5.74) is 0. The summed E-state index contributed by atoms with van der Waals surface area (Å²) in [7, 11) is 0.913. The fourth-order valence-electron chi connectivity index (χ4n) is 1.18. The van der Waals surface area contributed by atoms with E-state index in [1.165, 1.54) is 0 Å². The van der Waals surface area contributed by atoms with Gasteiger partial charge in [0.15, 0.2) is 0 Å². The van der Waals surface area contributed by atoms with Crippen molar-refractivity contribution in [1.82, 2.24) is 5.32 Å². The molecule has 2 N–H and O–H groups in total. The van der Waals surface area contributed by atoms with E-state index in [1.54, 1.807) is 14.2 Å². The van der Waals surface area contributed by atoms with Crippen LogP contribution in [0.2, 0.25) is 6.04 Å². The molecule has 4 nitrogen and oxygen atoms in total. The fourth-order valence-corrected chi connectivity index (χ4v) is 2.89. The van der Waals surface area contributed by atoms with E-state index >= 15 is 0 Å². The molecule has 0 saturated carbocycles. The first-order chi connectivity index (χ1) is 6.74. The van der Waals surface area contributed by atoms with Crippen LogP contribution in [0.3, 0.4) is 0 Å². The maximum absolute atomic E-state index is 9.15. The number of aliphatic hydroxyl groups excluding tert-OH is 1. The second-order valence-corrected chi connectivity index (χ2v) is 6.53. The molecule has 0 aromatic carbocycles. The fraction of sp³-hybridized carbons (Fsp3) is 0.778. The van der Waals surface area contributed by atoms with Crippen molar-refractivity contribution in [2.45, 2.75) is 12.5 Å². The molecule has 0 aromatic heterocycles. The molecule has 0 spiro atoms. The van der Waals surface area contributed by atoms with Gasteiger partial charge in [-0.05, 0) is 19.0 Å². The second-order valence-electron chi connectivity index (χ2n) is 3.07. The van der Waals surface area contributed by atoms with Gasteiger partial charge in [0, 0.05) is 20.8 Å². The lowest BCUT2D eigenvalue weighted by Crippen LogP contribution is -2.45. The van der Waals surface area contributed by atoms with Gasteiger partial charge in [-0.1, -0.05) is 6.08 Å². The zero-order valence-electron chi connectivity index (χ0n) is 9.08. The largest absolute Gasteiger partial charge is 0.396 e. The number of aliphatic hydroxyl groups is 1. The molecule has 5 heteroatoms. The maximum atomic E-state index is 9.15. The van der Waals surface area contributed by atoms with Crippen LogP contribution in [0.25, 0.3) is 0 Å². The van der Waals surface area contributed by atoms with E-state index in [0.717, 1.165) is 25.6 Å². The molecular weight excluding hydrogens is 198 g/mol. The molecule has 0 bridgehead atoms. The minimum Gasteiger partial charge on any atom is -0.396 e. The minimum absolute atomic E-state index is 0.0153. The van der Waals surface area contributed by atoms with Crippen LogP contribution in [0.15, 0.2) is 12.7 Å². The van der Waals surface area contributed by atoms with E-state index in [0.29, 0.717) is 0 Å². The molecule has 84 valence electrons. The summed E-state index contributed by atoms with van der Waals surface area (Å²) in [6, 6.07) is 0.806. The second kappa shape index (κ2) is 8.13. The zero-order chi connectivity index (χ0) is 10.9. The van der Waals surface area contributed by atoms with Crippen molar-refractivity contribution in [3.05, 3.63) is 12.7 Å². The van der Waals surface area contributed by atoms with E-state index < -0.39 is 8.56 Å². The molecule has 0 radical (unpaired) electrons. The Morgan fingerprint density at radius 2 is 2.07 bits per heavy atom. The van der Waals surface area contributed by atoms with E-state index in [9.17, 15) is 0 Å². The van der Waals surface area contributed by atoms with Crippen molar-refractivity contribution in [3.8, 4) is 0 Å². The maximum Gasteiger partial charge on any atom is 0.364 e. The Kier molecular flexibility index (Phi) is 8.02. The number of rotatable bonds is 9. The summed E-state index contributed by atoms with van der Waals surface area (Å²) in [5.74, 6) is 0. The Labute approximate surface area is 87.2 Å². The van der Waals surface area contributed by atoms with Crippen molar-refractivity contribution in [3.63, 3.8) is 0 Å². The lowest BCUT2D eigenvalue weighted by Gasteiger charge is -2.24. The first-order valence-corrected chi connectivity index (χ1v) is 7.00. The average molecular weight is 219 g/mol. The van der Waals surface area contributed by atoms with Gasteiger partial charge in [-0.15, -0.1) is 6.58 Å². The first-order valence-electron chi connectivity index (χ1n) is 4.77. The third-order valence-electron chi connectivity index (χ3n) is 2.18. The van der Waals surface area contributed by atoms with Crippen LogP contribution < -0.4 is 5.32 Å². The monoisotopic (exact) mass is 219 g/mol. The smallest absolute Gasteiger partial charge is 0.364 e. The number of hydrogen-bond acceptors (Lipinski definition) is 4. The molecule has 0 amide bonds. The highest BCUT2D eigenvalue weighted by Gasteiger charge is 2.33. The van der Waals surface area contributed by atoms with Gasteiger partial charge in [0.25, 0.3) is 0 Å². The number of hydrogen-bond donors (Lipinski definition) is 2. The summed E-state index contributed by atoms with van der Waals surface area (Å²) in [4.78, 5) is 0. The Bertz CT molecular complexity index is 143. The molecule has 0 fully saturated rings. The van der Waals surface area contributed by atoms with Crippen molar-refractivity contribution in [2.75, 3.05) is 33.5 Å². The minimum atomic E-state index is -2.29. The van der Waals surface area contributed by atoms with Gasteiger partial charge in [-0.2, -0.15) is 0 Å². The average Bonchev–Trinajstić information content (AvgIpc) is 2.24. The summed E-state index contributed by atoms with van der Waals surface area (Å²) in [6.45, 7) is 5.32. The van der Waals surface area contributed by atoms with Crippen molar-refractivity contribution in [1.29, 1.82) is 0 Å². The van der Waals surface area contributed by atoms with Crippen LogP contribution in [0.1, 0.15) is 6.42 Å². The standard InChI is InChI=1S/C9H21NO3Si/c1-4-6-10-7-5-8-14(9-11,12-2)13-3/h4,10-11H,1,5-9H2,2-3H3. The highest BCUT2D eigenvalue weighted by molar-refractivity contribution is 6.67. The zero-order valence-corrected chi connectivity index (χ0v) is 10.1. The third kappa shape index (κ3) is 4.87. The third-order valence-corrected chi connectivity index (χ3v) is 5.27. The van der Waals surface area contributed by atoms with Crippen LogP contribution in [0.4, 0.5) is 0 Å². The summed E-state index contributed by atoms with van der Waals surface area (Å²) in [5, 5.41) is 12.3. The molecule has 0 aromatic rings. The van der Waals surface area contributed by atoms with Gasteiger partial charge < -0.3 is 19.3 Å². The SMILES string of the molecule is C=CCNCCC[Si](CO)(OC)OC. The van der Waals surface area contributed by atoms with Gasteiger partial charge >= 0.3 is 8.56 Å². The van der Waals surface area contributed by atoms with Crippen molar-refractivity contribution in [2.24, 2.45) is 0 Å². The van der Waals surface area contributed by atoms with Gasteiger partial charge in [0.05, 0.1) is 6.23 Å². The normalized spacial score (nSPS) is 11.6. The molecule has 0 heterocycles. The highest BCUT2D eigenvalue weighted by Crippen LogP contribution is 2.12. The molecule has 0 rings (SSSR count). The molecule has 0 unspecified atom stereocenters. The Hall–Kier alpha value is -0.203. The topological polar surface area (TPSA) is 50.7 Å². The molecule has 0 aliphatic carbocycles. The summed E-state index contributed by atoms with van der Waals surface area (Å²) >= 11 is 0. The Morgan fingerprint density at radius 1 is 1.43 bits per heavy atom. The van der Waals surface area contributed by atoms with Crippen LogP contribution in [-0.4, -0.2) is 47.2 Å². The quantitative estimate of drug-likeness (QED) is 0.335. The van der Waals surface area contributed by atoms with Gasteiger partial charge in [0.1, 0.15) is 0 Å². The Balaban J connectivity index is 3.65. The van der Waals surface area contributed by atoms with E-state index in [1.807, 2.05) is 6.08 Å². The van der Waals surface area contributed by atoms with Crippen LogP contribution in [-0.2, 0) is 8.85 Å². The molecule has 0 aliphatic heterocycles. The summed E-state index contributed by atoms with van der Waals surface area (Å²) in [6.07, 6.45) is 2.78.